The number of hydrogen-bond acceptors (Lipinski definition) is 3. The third-order valence-corrected chi connectivity index (χ3v) is 6.12. The fraction of sp³-hybridized carbons (Fsp3) is 0.381. The van der Waals surface area contributed by atoms with E-state index in [0.29, 0.717) is 25.4 Å². The second kappa shape index (κ2) is 8.17. The number of thiophene rings is 1. The number of benzene rings is 1. The molecule has 0 aliphatic heterocycles. The Morgan fingerprint density at radius 3 is 2.56 bits per heavy atom. The average molecular weight is 449 g/mol. The number of nitrogens with zero attached hydrogens (tertiary/aromatic N) is 1. The highest BCUT2D eigenvalue weighted by molar-refractivity contribution is 9.11. The van der Waals surface area contributed by atoms with Crippen LogP contribution in [0.5, 0.6) is 0 Å². The average Bonchev–Trinajstić information content (AvgIpc) is 3.12. The maximum Gasteiger partial charge on any atom is 0.268 e. The normalized spacial score (nSPS) is 11.9. The number of halogens is 1. The molecule has 4 nitrogen and oxygen atoms in total. The minimum absolute atomic E-state index is 0.0714. The van der Waals surface area contributed by atoms with E-state index in [1.54, 1.807) is 18.4 Å². The van der Waals surface area contributed by atoms with Gasteiger partial charge in [0.05, 0.1) is 20.6 Å². The van der Waals surface area contributed by atoms with Crippen molar-refractivity contribution in [3.05, 3.63) is 57.0 Å². The predicted octanol–water partition coefficient (Wildman–Crippen LogP) is 5.19. The smallest absolute Gasteiger partial charge is 0.268 e. The highest BCUT2D eigenvalue weighted by Crippen LogP contribution is 2.33. The molecule has 0 aliphatic carbocycles. The third-order valence-electron chi connectivity index (χ3n) is 4.54. The number of ether oxygens (including phenoxy) is 1. The highest BCUT2D eigenvalue weighted by Gasteiger charge is 2.18. The number of methoxy groups -OCH3 is 1. The van der Waals surface area contributed by atoms with Gasteiger partial charge in [-0.15, -0.1) is 11.3 Å². The van der Waals surface area contributed by atoms with E-state index in [0.717, 1.165) is 14.0 Å². The number of hydrogen-bond donors (Lipinski definition) is 1. The first-order valence-corrected chi connectivity index (χ1v) is 10.6. The van der Waals surface area contributed by atoms with Gasteiger partial charge in [0, 0.05) is 20.2 Å². The van der Waals surface area contributed by atoms with Crippen molar-refractivity contribution in [2.45, 2.75) is 32.7 Å². The number of rotatable bonds is 6. The molecule has 144 valence electrons. The highest BCUT2D eigenvalue weighted by atomic mass is 79.9. The van der Waals surface area contributed by atoms with E-state index in [9.17, 15) is 4.79 Å². The van der Waals surface area contributed by atoms with Crippen LogP contribution in [0.2, 0.25) is 0 Å². The summed E-state index contributed by atoms with van der Waals surface area (Å²) < 4.78 is 9.28. The number of carbonyl (C=O) groups is 1. The Balaban J connectivity index is 1.91. The topological polar surface area (TPSA) is 43.3 Å². The monoisotopic (exact) mass is 448 g/mol. The number of aromatic nitrogens is 1. The van der Waals surface area contributed by atoms with Gasteiger partial charge in [-0.2, -0.15) is 0 Å². The molecule has 1 amide bonds. The van der Waals surface area contributed by atoms with Gasteiger partial charge in [0.1, 0.15) is 5.69 Å². The molecule has 0 spiro atoms. The summed E-state index contributed by atoms with van der Waals surface area (Å²) in [6.45, 7) is 8.29. The summed E-state index contributed by atoms with van der Waals surface area (Å²) in [5.74, 6) is -0.0714. The summed E-state index contributed by atoms with van der Waals surface area (Å²) in [5.41, 5.74) is 4.36. The van der Waals surface area contributed by atoms with E-state index in [2.05, 4.69) is 76.9 Å². The van der Waals surface area contributed by atoms with Crippen molar-refractivity contribution >= 4 is 43.4 Å². The lowest BCUT2D eigenvalue weighted by Crippen LogP contribution is -2.29. The van der Waals surface area contributed by atoms with Crippen molar-refractivity contribution in [3.8, 4) is 0 Å². The third kappa shape index (κ3) is 4.62. The van der Waals surface area contributed by atoms with Crippen LogP contribution >= 0.6 is 27.3 Å². The van der Waals surface area contributed by atoms with Crippen LogP contribution in [0, 0.1) is 0 Å². The minimum Gasteiger partial charge on any atom is -0.383 e. The summed E-state index contributed by atoms with van der Waals surface area (Å²) >= 11 is 5.20. The Morgan fingerprint density at radius 2 is 1.93 bits per heavy atom. The largest absolute Gasteiger partial charge is 0.383 e. The Kier molecular flexibility index (Phi) is 6.08. The standard InChI is InChI=1S/C21H25BrN2O2S/c1-21(2,3)15-7-5-14(6-8-15)13-24-16-12-19(22)27-18(16)11-17(24)20(25)23-9-10-26-4/h5-8,11-12H,9-10,13H2,1-4H3,(H,23,25). The zero-order chi connectivity index (χ0) is 19.6. The lowest BCUT2D eigenvalue weighted by Gasteiger charge is -2.19. The van der Waals surface area contributed by atoms with Crippen LogP contribution in [-0.2, 0) is 16.7 Å². The summed E-state index contributed by atoms with van der Waals surface area (Å²) in [6, 6.07) is 12.7. The predicted molar refractivity (Wildman–Crippen MR) is 116 cm³/mol. The molecule has 0 saturated carbocycles. The molecule has 0 radical (unpaired) electrons. The van der Waals surface area contributed by atoms with Crippen LogP contribution in [-0.4, -0.2) is 30.7 Å². The van der Waals surface area contributed by atoms with Gasteiger partial charge in [-0.3, -0.25) is 4.79 Å². The molecule has 1 N–H and O–H groups in total. The first-order valence-electron chi connectivity index (χ1n) is 8.94. The fourth-order valence-corrected chi connectivity index (χ4v) is 4.58. The molecule has 27 heavy (non-hydrogen) atoms. The van der Waals surface area contributed by atoms with Gasteiger partial charge in [0.15, 0.2) is 0 Å². The second-order valence-corrected chi connectivity index (χ2v) is 10.1. The van der Waals surface area contributed by atoms with E-state index in [4.69, 9.17) is 4.74 Å². The van der Waals surface area contributed by atoms with Crippen LogP contribution in [0.1, 0.15) is 42.4 Å². The van der Waals surface area contributed by atoms with Gasteiger partial charge in [-0.1, -0.05) is 45.0 Å². The van der Waals surface area contributed by atoms with Crippen molar-refractivity contribution in [2.24, 2.45) is 0 Å². The van der Waals surface area contributed by atoms with E-state index in [1.165, 1.54) is 11.1 Å². The molecule has 0 saturated heterocycles. The first-order chi connectivity index (χ1) is 12.8. The van der Waals surface area contributed by atoms with Gasteiger partial charge in [0.2, 0.25) is 0 Å². The zero-order valence-electron chi connectivity index (χ0n) is 16.1. The SMILES string of the molecule is COCCNC(=O)c1cc2sc(Br)cc2n1Cc1ccc(C(C)(C)C)cc1. The molecule has 0 atom stereocenters. The Hall–Kier alpha value is -1.63. The van der Waals surface area contributed by atoms with Crippen molar-refractivity contribution in [3.63, 3.8) is 0 Å². The van der Waals surface area contributed by atoms with E-state index < -0.39 is 0 Å². The molecular formula is C21H25BrN2O2S. The number of fused-ring (bicyclic) bond motifs is 1. The molecule has 6 heteroatoms. The summed E-state index contributed by atoms with van der Waals surface area (Å²) in [6.07, 6.45) is 0. The van der Waals surface area contributed by atoms with Crippen LogP contribution in [0.15, 0.2) is 40.2 Å². The fourth-order valence-electron chi connectivity index (χ4n) is 3.02. The van der Waals surface area contributed by atoms with Crippen LogP contribution in [0.25, 0.3) is 10.2 Å². The zero-order valence-corrected chi connectivity index (χ0v) is 18.5. The van der Waals surface area contributed by atoms with E-state index in [1.807, 2.05) is 6.07 Å². The van der Waals surface area contributed by atoms with Crippen LogP contribution in [0.4, 0.5) is 0 Å². The van der Waals surface area contributed by atoms with Crippen LogP contribution in [0.3, 0.4) is 0 Å². The van der Waals surface area contributed by atoms with Gasteiger partial charge in [0.25, 0.3) is 5.91 Å². The van der Waals surface area contributed by atoms with E-state index in [-0.39, 0.29) is 11.3 Å². The lowest BCUT2D eigenvalue weighted by atomic mass is 9.87. The maximum atomic E-state index is 12.7. The molecule has 3 aromatic rings. The summed E-state index contributed by atoms with van der Waals surface area (Å²) in [5, 5.41) is 2.93. The molecule has 0 unspecified atom stereocenters. The summed E-state index contributed by atoms with van der Waals surface area (Å²) in [7, 11) is 1.63. The molecule has 2 aromatic heterocycles. The molecule has 3 rings (SSSR count). The van der Waals surface area contributed by atoms with E-state index >= 15 is 0 Å². The van der Waals surface area contributed by atoms with Gasteiger partial charge < -0.3 is 14.6 Å². The number of carbonyl (C=O) groups excluding carboxylic acids is 1. The van der Waals surface area contributed by atoms with Gasteiger partial charge in [-0.05, 0) is 44.6 Å². The van der Waals surface area contributed by atoms with Gasteiger partial charge in [-0.25, -0.2) is 0 Å². The lowest BCUT2D eigenvalue weighted by molar-refractivity contribution is 0.0928. The second-order valence-electron chi connectivity index (χ2n) is 7.61. The Labute approximate surface area is 172 Å². The molecule has 0 aliphatic rings. The molecule has 0 fully saturated rings. The van der Waals surface area contributed by atoms with Crippen LogP contribution < -0.4 is 5.32 Å². The van der Waals surface area contributed by atoms with Gasteiger partial charge >= 0.3 is 0 Å². The molecule has 2 heterocycles. The van der Waals surface area contributed by atoms with Crippen molar-refractivity contribution in [1.29, 1.82) is 0 Å². The number of nitrogens with one attached hydrogen (secondary N) is 1. The quantitative estimate of drug-likeness (QED) is 0.527. The molecular weight excluding hydrogens is 424 g/mol. The Bertz CT molecular complexity index is 936. The van der Waals surface area contributed by atoms with Crippen molar-refractivity contribution < 1.29 is 9.53 Å². The van der Waals surface area contributed by atoms with Crippen molar-refractivity contribution in [2.75, 3.05) is 20.3 Å². The first kappa shape index (κ1) is 20.1. The summed E-state index contributed by atoms with van der Waals surface area (Å²) in [4.78, 5) is 12.7. The molecule has 1 aromatic carbocycles. The molecule has 0 bridgehead atoms. The van der Waals surface area contributed by atoms with Crippen molar-refractivity contribution in [1.82, 2.24) is 9.88 Å². The number of amides is 1. The minimum atomic E-state index is -0.0714. The Morgan fingerprint density at radius 1 is 1.22 bits per heavy atom. The maximum absolute atomic E-state index is 12.7.